The average Bonchev–Trinajstić information content (AvgIpc) is 3.04. The predicted molar refractivity (Wildman–Crippen MR) is 107 cm³/mol. The molecule has 0 radical (unpaired) electrons. The first-order valence-electron chi connectivity index (χ1n) is 8.86. The van der Waals surface area contributed by atoms with Gasteiger partial charge in [-0.15, -0.1) is 0 Å². The highest BCUT2D eigenvalue weighted by molar-refractivity contribution is 6.32. The van der Waals surface area contributed by atoms with Crippen LogP contribution in [0.3, 0.4) is 0 Å². The van der Waals surface area contributed by atoms with Crippen LogP contribution in [0.25, 0.3) is 6.08 Å². The molecule has 0 N–H and O–H groups in total. The molecule has 0 bridgehead atoms. The molecule has 0 fully saturated rings. The summed E-state index contributed by atoms with van der Waals surface area (Å²) in [7, 11) is 0. The summed E-state index contributed by atoms with van der Waals surface area (Å²) in [5, 5.41) is 0.151. The molecule has 1 aliphatic heterocycles. The van der Waals surface area contributed by atoms with E-state index in [-0.39, 0.29) is 40.0 Å². The molecule has 7 heteroatoms. The van der Waals surface area contributed by atoms with Crippen LogP contribution in [0.2, 0.25) is 5.02 Å². The van der Waals surface area contributed by atoms with Gasteiger partial charge in [-0.2, -0.15) is 0 Å². The Bertz CT molecular complexity index is 1170. The van der Waals surface area contributed by atoms with Gasteiger partial charge in [-0.05, 0) is 54.6 Å². The van der Waals surface area contributed by atoms with Crippen LogP contribution in [0.15, 0.2) is 66.4 Å². The molecule has 3 aromatic carbocycles. The molecule has 0 amide bonds. The zero-order valence-corrected chi connectivity index (χ0v) is 16.1. The number of benzene rings is 3. The summed E-state index contributed by atoms with van der Waals surface area (Å²) in [5.74, 6) is -1.30. The van der Waals surface area contributed by atoms with E-state index in [9.17, 15) is 18.4 Å². The second kappa shape index (κ2) is 8.08. The summed E-state index contributed by atoms with van der Waals surface area (Å²) in [4.78, 5) is 24.7. The number of Topliss-reactive ketones (excluding diaryl/α,β-unsaturated/α-hetero) is 2. The van der Waals surface area contributed by atoms with Gasteiger partial charge in [-0.25, -0.2) is 8.78 Å². The number of ether oxygens (including phenoxy) is 2. The number of carbonyl (C=O) groups excluding carboxylic acids is 2. The number of fused-ring (bicyclic) bond motifs is 1. The molecule has 0 saturated heterocycles. The van der Waals surface area contributed by atoms with Crippen LogP contribution in [0.4, 0.5) is 8.78 Å². The Morgan fingerprint density at radius 3 is 2.57 bits per heavy atom. The lowest BCUT2D eigenvalue weighted by molar-refractivity contribution is 0.0920. The first-order valence-corrected chi connectivity index (χ1v) is 9.24. The number of rotatable bonds is 5. The molecule has 0 spiro atoms. The Kier molecular flexibility index (Phi) is 5.33. The maximum absolute atomic E-state index is 14.0. The van der Waals surface area contributed by atoms with Crippen LogP contribution in [-0.2, 0) is 0 Å². The van der Waals surface area contributed by atoms with Crippen molar-refractivity contribution in [2.24, 2.45) is 0 Å². The molecule has 1 heterocycles. The van der Waals surface area contributed by atoms with Crippen LogP contribution in [-0.4, -0.2) is 18.2 Å². The van der Waals surface area contributed by atoms with Crippen molar-refractivity contribution in [1.82, 2.24) is 0 Å². The second-order valence-corrected chi connectivity index (χ2v) is 6.86. The van der Waals surface area contributed by atoms with E-state index in [0.29, 0.717) is 11.3 Å². The molecule has 0 atom stereocenters. The zero-order valence-electron chi connectivity index (χ0n) is 15.3. The summed E-state index contributed by atoms with van der Waals surface area (Å²) in [6, 6.07) is 13.8. The largest absolute Gasteiger partial charge is 0.485 e. The van der Waals surface area contributed by atoms with Crippen molar-refractivity contribution in [1.29, 1.82) is 0 Å². The molecule has 1 aliphatic rings. The molecule has 3 aromatic rings. The van der Waals surface area contributed by atoms with E-state index in [0.717, 1.165) is 0 Å². The number of ketones is 2. The van der Waals surface area contributed by atoms with E-state index < -0.39 is 17.4 Å². The van der Waals surface area contributed by atoms with E-state index in [1.165, 1.54) is 66.7 Å². The van der Waals surface area contributed by atoms with Gasteiger partial charge in [0, 0.05) is 17.2 Å². The molecular weight excluding hydrogens is 414 g/mol. The van der Waals surface area contributed by atoms with E-state index >= 15 is 0 Å². The highest BCUT2D eigenvalue weighted by Crippen LogP contribution is 2.35. The summed E-state index contributed by atoms with van der Waals surface area (Å²) < 4.78 is 38.0. The SMILES string of the molecule is O=C(COc1ccc2c(c1)OC(=Cc1c(F)cccc1Cl)C2=O)c1ccc(F)cc1. The van der Waals surface area contributed by atoms with Gasteiger partial charge in [0.1, 0.15) is 23.1 Å². The number of allylic oxidation sites excluding steroid dienone is 1. The summed E-state index contributed by atoms with van der Waals surface area (Å²) in [6.07, 6.45) is 1.25. The second-order valence-electron chi connectivity index (χ2n) is 6.45. The predicted octanol–water partition coefficient (Wildman–Crippen LogP) is 5.50. The maximum Gasteiger partial charge on any atom is 0.231 e. The third kappa shape index (κ3) is 3.95. The lowest BCUT2D eigenvalue weighted by atomic mass is 10.1. The van der Waals surface area contributed by atoms with E-state index in [1.807, 2.05) is 0 Å². The van der Waals surface area contributed by atoms with Gasteiger partial charge in [0.15, 0.2) is 18.1 Å². The Balaban J connectivity index is 1.50. The normalized spacial score (nSPS) is 13.8. The molecule has 4 rings (SSSR count). The van der Waals surface area contributed by atoms with Gasteiger partial charge >= 0.3 is 0 Å². The summed E-state index contributed by atoms with van der Waals surface area (Å²) in [5.41, 5.74) is 0.651. The molecule has 4 nitrogen and oxygen atoms in total. The van der Waals surface area contributed by atoms with E-state index in [4.69, 9.17) is 21.1 Å². The summed E-state index contributed by atoms with van der Waals surface area (Å²) >= 11 is 6.00. The quantitative estimate of drug-likeness (QED) is 0.399. The van der Waals surface area contributed by atoms with Crippen molar-refractivity contribution in [3.05, 3.63) is 99.8 Å². The van der Waals surface area contributed by atoms with Crippen molar-refractivity contribution in [2.75, 3.05) is 6.61 Å². The van der Waals surface area contributed by atoms with Crippen LogP contribution < -0.4 is 9.47 Å². The molecule has 0 aliphatic carbocycles. The van der Waals surface area contributed by atoms with Crippen molar-refractivity contribution >= 4 is 29.2 Å². The number of carbonyl (C=O) groups is 2. The fraction of sp³-hybridized carbons (Fsp3) is 0.0435. The van der Waals surface area contributed by atoms with Crippen molar-refractivity contribution < 1.29 is 27.8 Å². The van der Waals surface area contributed by atoms with Gasteiger partial charge in [-0.1, -0.05) is 17.7 Å². The van der Waals surface area contributed by atoms with Crippen molar-refractivity contribution in [3.8, 4) is 11.5 Å². The highest BCUT2D eigenvalue weighted by atomic mass is 35.5. The van der Waals surface area contributed by atoms with Crippen molar-refractivity contribution in [3.63, 3.8) is 0 Å². The molecule has 30 heavy (non-hydrogen) atoms. The minimum Gasteiger partial charge on any atom is -0.485 e. The Morgan fingerprint density at radius 1 is 1.07 bits per heavy atom. The van der Waals surface area contributed by atoms with Gasteiger partial charge in [-0.3, -0.25) is 9.59 Å². The van der Waals surface area contributed by atoms with Crippen LogP contribution >= 0.6 is 11.6 Å². The highest BCUT2D eigenvalue weighted by Gasteiger charge is 2.28. The number of hydrogen-bond acceptors (Lipinski definition) is 4. The Hall–Kier alpha value is -3.51. The first kappa shape index (κ1) is 19.8. The van der Waals surface area contributed by atoms with E-state index in [1.54, 1.807) is 0 Å². The number of halogens is 3. The van der Waals surface area contributed by atoms with Gasteiger partial charge in [0.05, 0.1) is 10.6 Å². The molecule has 0 aromatic heterocycles. The molecular formula is C23H13ClF2O4. The van der Waals surface area contributed by atoms with Gasteiger partial charge in [0.25, 0.3) is 0 Å². The lowest BCUT2D eigenvalue weighted by Crippen LogP contribution is -2.11. The Morgan fingerprint density at radius 2 is 1.83 bits per heavy atom. The van der Waals surface area contributed by atoms with Gasteiger partial charge in [0.2, 0.25) is 5.78 Å². The smallest absolute Gasteiger partial charge is 0.231 e. The monoisotopic (exact) mass is 426 g/mol. The maximum atomic E-state index is 14.0. The fourth-order valence-electron chi connectivity index (χ4n) is 2.90. The number of hydrogen-bond donors (Lipinski definition) is 0. The van der Waals surface area contributed by atoms with Crippen LogP contribution in [0.1, 0.15) is 26.3 Å². The van der Waals surface area contributed by atoms with Crippen molar-refractivity contribution in [2.45, 2.75) is 0 Å². The summed E-state index contributed by atoms with van der Waals surface area (Å²) in [6.45, 7) is -0.272. The molecule has 150 valence electrons. The minimum atomic E-state index is -0.578. The van der Waals surface area contributed by atoms with E-state index in [2.05, 4.69) is 0 Å². The fourth-order valence-corrected chi connectivity index (χ4v) is 3.12. The molecule has 0 unspecified atom stereocenters. The third-order valence-corrected chi connectivity index (χ3v) is 4.78. The van der Waals surface area contributed by atoms with Gasteiger partial charge < -0.3 is 9.47 Å². The van der Waals surface area contributed by atoms with Crippen LogP contribution in [0, 0.1) is 11.6 Å². The topological polar surface area (TPSA) is 52.6 Å². The third-order valence-electron chi connectivity index (χ3n) is 4.45. The Labute approximate surface area is 175 Å². The standard InChI is InChI=1S/C23H13ClF2O4/c24-18-2-1-3-19(26)17(18)11-22-23(28)16-9-8-15(10-21(16)30-22)29-12-20(27)13-4-6-14(25)7-5-13/h1-11H,12H2. The minimum absolute atomic E-state index is 0.0525. The molecule has 0 saturated carbocycles. The van der Waals surface area contributed by atoms with Crippen LogP contribution in [0.5, 0.6) is 11.5 Å². The lowest BCUT2D eigenvalue weighted by Gasteiger charge is -2.07. The average molecular weight is 427 g/mol. The first-order chi connectivity index (χ1) is 14.4. The zero-order chi connectivity index (χ0) is 21.3.